The molecule has 21 heavy (non-hydrogen) atoms. The van der Waals surface area contributed by atoms with Crippen LogP contribution in [0, 0.1) is 0 Å². The van der Waals surface area contributed by atoms with Gasteiger partial charge in [-0.1, -0.05) is 30.2 Å². The summed E-state index contributed by atoms with van der Waals surface area (Å²) in [6.45, 7) is -0.0628. The third kappa shape index (κ3) is 3.19. The van der Waals surface area contributed by atoms with Gasteiger partial charge in [0, 0.05) is 12.1 Å². The molecular formula is C15H18ClNO4. The van der Waals surface area contributed by atoms with Crippen molar-refractivity contribution in [1.29, 1.82) is 0 Å². The number of nitrogens with one attached hydrogen (secondary N) is 1. The lowest BCUT2D eigenvalue weighted by atomic mass is 9.63. The zero-order valence-corrected chi connectivity index (χ0v) is 12.5. The van der Waals surface area contributed by atoms with E-state index in [2.05, 4.69) is 5.32 Å². The molecule has 0 aromatic heterocycles. The van der Waals surface area contributed by atoms with Gasteiger partial charge in [-0.2, -0.15) is 0 Å². The summed E-state index contributed by atoms with van der Waals surface area (Å²) in [5.41, 5.74) is 0.159. The van der Waals surface area contributed by atoms with Crippen LogP contribution in [0.25, 0.3) is 0 Å². The Labute approximate surface area is 128 Å². The number of amides is 1. The Kier molecular flexibility index (Phi) is 4.85. The maximum Gasteiger partial charge on any atom is 0.328 e. The minimum Gasteiger partial charge on any atom is -0.480 e. The summed E-state index contributed by atoms with van der Waals surface area (Å²) in [7, 11) is 1.40. The molecule has 0 radical (unpaired) electrons. The Morgan fingerprint density at radius 1 is 1.48 bits per heavy atom. The second-order valence-corrected chi connectivity index (χ2v) is 5.70. The molecule has 1 amide bonds. The summed E-state index contributed by atoms with van der Waals surface area (Å²) >= 11 is 6.00. The van der Waals surface area contributed by atoms with Crippen LogP contribution in [-0.4, -0.2) is 36.7 Å². The molecule has 1 fully saturated rings. The van der Waals surface area contributed by atoms with E-state index in [4.69, 9.17) is 21.4 Å². The van der Waals surface area contributed by atoms with Gasteiger partial charge in [0.05, 0.1) is 12.0 Å². The van der Waals surface area contributed by atoms with E-state index >= 15 is 0 Å². The van der Waals surface area contributed by atoms with Crippen molar-refractivity contribution in [3.8, 4) is 0 Å². The number of carboxylic acid groups (broad SMARTS) is 1. The zero-order valence-electron chi connectivity index (χ0n) is 11.8. The highest BCUT2D eigenvalue weighted by molar-refractivity contribution is 6.30. The summed E-state index contributed by atoms with van der Waals surface area (Å²) in [6.07, 6.45) is 2.32. The normalized spacial score (nSPS) is 17.6. The minimum atomic E-state index is -1.11. The second-order valence-electron chi connectivity index (χ2n) is 5.27. The fourth-order valence-electron chi connectivity index (χ4n) is 2.60. The summed E-state index contributed by atoms with van der Waals surface area (Å²) in [6, 6.07) is 6.14. The first-order valence-corrected chi connectivity index (χ1v) is 7.16. The van der Waals surface area contributed by atoms with Crippen molar-refractivity contribution in [2.75, 3.05) is 13.7 Å². The molecule has 5 nitrogen and oxygen atoms in total. The number of halogens is 1. The van der Waals surface area contributed by atoms with Gasteiger partial charge in [-0.05, 0) is 30.5 Å². The fraction of sp³-hybridized carbons (Fsp3) is 0.467. The van der Waals surface area contributed by atoms with Gasteiger partial charge in [0.15, 0.2) is 6.04 Å². The van der Waals surface area contributed by atoms with Crippen LogP contribution in [0.15, 0.2) is 24.3 Å². The Morgan fingerprint density at radius 3 is 2.67 bits per heavy atom. The molecular weight excluding hydrogens is 294 g/mol. The molecule has 2 N–H and O–H groups in total. The van der Waals surface area contributed by atoms with E-state index in [9.17, 15) is 9.59 Å². The number of hydrogen-bond acceptors (Lipinski definition) is 3. The average molecular weight is 312 g/mol. The first kappa shape index (κ1) is 15.8. The predicted octanol–water partition coefficient (Wildman–Crippen LogP) is 1.98. The summed E-state index contributed by atoms with van der Waals surface area (Å²) in [5, 5.41) is 12.2. The number of aliphatic carboxylic acids is 1. The third-order valence-electron chi connectivity index (χ3n) is 3.96. The van der Waals surface area contributed by atoms with E-state index in [1.165, 1.54) is 7.11 Å². The minimum absolute atomic E-state index is 0.0628. The molecule has 1 aliphatic rings. The Hall–Kier alpha value is -1.59. The van der Waals surface area contributed by atoms with Gasteiger partial charge in [0.25, 0.3) is 0 Å². The van der Waals surface area contributed by atoms with Crippen molar-refractivity contribution in [3.63, 3.8) is 0 Å². The standard InChI is InChI=1S/C15H18ClNO4/c1-21-9-12(13(18)19)17-14(20)15(6-3-7-15)10-4-2-5-11(16)8-10/h2,4-5,8,12H,3,6-7,9H2,1H3,(H,17,20)(H,18,19). The summed E-state index contributed by atoms with van der Waals surface area (Å²) in [4.78, 5) is 23.7. The van der Waals surface area contributed by atoms with Gasteiger partial charge >= 0.3 is 5.97 Å². The third-order valence-corrected chi connectivity index (χ3v) is 4.19. The largest absolute Gasteiger partial charge is 0.480 e. The first-order valence-electron chi connectivity index (χ1n) is 6.78. The van der Waals surface area contributed by atoms with Crippen LogP contribution in [0.1, 0.15) is 24.8 Å². The van der Waals surface area contributed by atoms with E-state index < -0.39 is 17.4 Å². The summed E-state index contributed by atoms with van der Waals surface area (Å²) < 4.78 is 4.84. The number of carboxylic acids is 1. The maximum absolute atomic E-state index is 12.6. The lowest BCUT2D eigenvalue weighted by molar-refractivity contribution is -0.145. The molecule has 1 aromatic carbocycles. The number of carbonyl (C=O) groups is 2. The maximum atomic E-state index is 12.6. The number of hydrogen-bond donors (Lipinski definition) is 2. The van der Waals surface area contributed by atoms with Crippen molar-refractivity contribution in [2.24, 2.45) is 0 Å². The quantitative estimate of drug-likeness (QED) is 0.842. The van der Waals surface area contributed by atoms with Crippen LogP contribution in [0.5, 0.6) is 0 Å². The van der Waals surface area contributed by atoms with Gasteiger partial charge in [0.2, 0.25) is 5.91 Å². The van der Waals surface area contributed by atoms with Crippen LogP contribution in [0.2, 0.25) is 5.02 Å². The molecule has 1 aliphatic carbocycles. The molecule has 0 aliphatic heterocycles. The molecule has 0 heterocycles. The molecule has 1 atom stereocenters. The number of rotatable bonds is 6. The molecule has 1 unspecified atom stereocenters. The van der Waals surface area contributed by atoms with Crippen LogP contribution in [-0.2, 0) is 19.7 Å². The lowest BCUT2D eigenvalue weighted by Crippen LogP contribution is -2.54. The predicted molar refractivity (Wildman–Crippen MR) is 78.4 cm³/mol. The highest BCUT2D eigenvalue weighted by Gasteiger charge is 2.46. The topological polar surface area (TPSA) is 75.6 Å². The number of ether oxygens (including phenoxy) is 1. The number of methoxy groups -OCH3 is 1. The van der Waals surface area contributed by atoms with Crippen molar-refractivity contribution in [2.45, 2.75) is 30.7 Å². The molecule has 6 heteroatoms. The van der Waals surface area contributed by atoms with Crippen LogP contribution >= 0.6 is 11.6 Å². The average Bonchev–Trinajstić information content (AvgIpc) is 2.37. The summed E-state index contributed by atoms with van der Waals surface area (Å²) in [5.74, 6) is -1.38. The number of carbonyl (C=O) groups excluding carboxylic acids is 1. The highest BCUT2D eigenvalue weighted by Crippen LogP contribution is 2.44. The van der Waals surface area contributed by atoms with Gasteiger partial charge in [-0.15, -0.1) is 0 Å². The van der Waals surface area contributed by atoms with Crippen molar-refractivity contribution in [3.05, 3.63) is 34.9 Å². The van der Waals surface area contributed by atoms with Crippen LogP contribution in [0.3, 0.4) is 0 Å². The molecule has 2 rings (SSSR count). The first-order chi connectivity index (χ1) is 9.99. The van der Waals surface area contributed by atoms with Crippen molar-refractivity contribution < 1.29 is 19.4 Å². The monoisotopic (exact) mass is 311 g/mol. The zero-order chi connectivity index (χ0) is 15.5. The van der Waals surface area contributed by atoms with Gasteiger partial charge in [-0.3, -0.25) is 4.79 Å². The lowest BCUT2D eigenvalue weighted by Gasteiger charge is -2.41. The second kappa shape index (κ2) is 6.45. The van der Waals surface area contributed by atoms with E-state index in [-0.39, 0.29) is 12.5 Å². The van der Waals surface area contributed by atoms with E-state index in [1.54, 1.807) is 18.2 Å². The molecule has 1 aromatic rings. The van der Waals surface area contributed by atoms with Crippen LogP contribution in [0.4, 0.5) is 0 Å². The van der Waals surface area contributed by atoms with E-state index in [1.807, 2.05) is 6.07 Å². The van der Waals surface area contributed by atoms with Crippen molar-refractivity contribution >= 4 is 23.5 Å². The Bertz CT molecular complexity index is 542. The molecule has 0 saturated heterocycles. The molecule has 114 valence electrons. The Morgan fingerprint density at radius 2 is 2.19 bits per heavy atom. The smallest absolute Gasteiger partial charge is 0.328 e. The SMILES string of the molecule is COCC(NC(=O)C1(c2cccc(Cl)c2)CCC1)C(=O)O. The Balaban J connectivity index is 2.20. The van der Waals surface area contributed by atoms with E-state index in [0.29, 0.717) is 17.9 Å². The van der Waals surface area contributed by atoms with Gasteiger partial charge < -0.3 is 15.2 Å². The molecule has 1 saturated carbocycles. The van der Waals surface area contributed by atoms with Gasteiger partial charge in [-0.25, -0.2) is 4.79 Å². The highest BCUT2D eigenvalue weighted by atomic mass is 35.5. The van der Waals surface area contributed by atoms with E-state index in [0.717, 1.165) is 12.0 Å². The van der Waals surface area contributed by atoms with Gasteiger partial charge in [0.1, 0.15) is 0 Å². The van der Waals surface area contributed by atoms with Crippen LogP contribution < -0.4 is 5.32 Å². The number of benzene rings is 1. The fourth-order valence-corrected chi connectivity index (χ4v) is 2.79. The molecule has 0 bridgehead atoms. The van der Waals surface area contributed by atoms with Crippen molar-refractivity contribution in [1.82, 2.24) is 5.32 Å². The molecule has 0 spiro atoms.